The van der Waals surface area contributed by atoms with Crippen LogP contribution in [0.3, 0.4) is 0 Å². The molecule has 13 nitrogen and oxygen atoms in total. The number of anilines is 1. The fraction of sp³-hybridized carbons (Fsp3) is 0.316. The molecule has 7 rings (SSSR count). The number of carbonyl (C=O) groups is 1. The molecule has 1 amide bonds. The van der Waals surface area contributed by atoms with Crippen molar-refractivity contribution in [2.75, 3.05) is 4.90 Å². The van der Waals surface area contributed by atoms with Gasteiger partial charge in [0.05, 0.1) is 12.2 Å². The fourth-order valence-corrected chi connectivity index (χ4v) is 5.72. The van der Waals surface area contributed by atoms with E-state index in [9.17, 15) is 18.9 Å². The van der Waals surface area contributed by atoms with Crippen LogP contribution in [0.5, 0.6) is 0 Å². The smallest absolute Gasteiger partial charge is 0.402 e. The van der Waals surface area contributed by atoms with Crippen molar-refractivity contribution in [1.29, 1.82) is 0 Å². The lowest BCUT2D eigenvalue weighted by molar-refractivity contribution is -0.305. The second-order valence-corrected chi connectivity index (χ2v) is 9.26. The highest BCUT2D eigenvalue weighted by Crippen LogP contribution is 2.81. The first-order valence-electron chi connectivity index (χ1n) is 10.3. The normalized spacial score (nSPS) is 29.6. The van der Waals surface area contributed by atoms with Gasteiger partial charge in [0.2, 0.25) is 5.82 Å². The van der Waals surface area contributed by atoms with Crippen LogP contribution < -0.4 is 4.90 Å². The molecule has 0 unspecified atom stereocenters. The van der Waals surface area contributed by atoms with Crippen LogP contribution in [0.4, 0.5) is 19.3 Å². The van der Waals surface area contributed by atoms with E-state index in [0.717, 1.165) is 12.5 Å². The summed E-state index contributed by atoms with van der Waals surface area (Å²) in [7, 11) is -4.23. The molecule has 1 N–H and O–H groups in total. The Balaban J connectivity index is 1.29. The van der Waals surface area contributed by atoms with Crippen LogP contribution in [0.15, 0.2) is 36.5 Å². The number of ether oxygens (including phenoxy) is 1. The van der Waals surface area contributed by atoms with Gasteiger partial charge in [-0.2, -0.15) is 4.80 Å². The third-order valence-corrected chi connectivity index (χ3v) is 7.02. The summed E-state index contributed by atoms with van der Waals surface area (Å²) in [5.41, 5.74) is 0.787. The van der Waals surface area contributed by atoms with E-state index in [-0.39, 0.29) is 11.3 Å². The average Bonchev–Trinajstić information content (AvgIpc) is 3.48. The Morgan fingerprint density at radius 1 is 1.23 bits per heavy atom. The van der Waals surface area contributed by atoms with E-state index in [1.807, 2.05) is 6.92 Å². The van der Waals surface area contributed by atoms with E-state index in [0.29, 0.717) is 28.5 Å². The number of phosphoric ester groups is 1. The molecule has 1 spiro atoms. The van der Waals surface area contributed by atoms with Crippen LogP contribution >= 0.6 is 7.82 Å². The number of amides is 1. The second kappa shape index (κ2) is 7.32. The zero-order valence-electron chi connectivity index (χ0n) is 17.7. The third-order valence-electron chi connectivity index (χ3n) is 5.58. The number of aryl methyl sites for hydroxylation is 1. The van der Waals surface area contributed by atoms with Crippen molar-refractivity contribution < 1.29 is 41.6 Å². The van der Waals surface area contributed by atoms with Crippen LogP contribution in [0, 0.1) is 5.82 Å². The number of carbonyl (C=O) groups excluding carboxylic acids is 1. The van der Waals surface area contributed by atoms with Gasteiger partial charge >= 0.3 is 25.6 Å². The van der Waals surface area contributed by atoms with Crippen LogP contribution in [0.25, 0.3) is 22.6 Å². The molecule has 4 saturated heterocycles. The van der Waals surface area contributed by atoms with Gasteiger partial charge in [0, 0.05) is 17.3 Å². The number of hydrogen-bond acceptors (Lipinski definition) is 11. The number of aromatic nitrogens is 5. The number of nitrogens with zero attached hydrogens (tertiary/aromatic N) is 6. The van der Waals surface area contributed by atoms with Crippen molar-refractivity contribution in [3.8, 4) is 22.6 Å². The van der Waals surface area contributed by atoms with Crippen molar-refractivity contribution in [1.82, 2.24) is 25.2 Å². The Hall–Kier alpha value is -3.36. The maximum Gasteiger partial charge on any atom is 0.487 e. The molecular formula is C19H15F2N6O7P. The highest BCUT2D eigenvalue weighted by Gasteiger charge is 2.92. The van der Waals surface area contributed by atoms with Gasteiger partial charge in [-0.25, -0.2) is 36.6 Å². The van der Waals surface area contributed by atoms with E-state index >= 15 is 4.39 Å². The van der Waals surface area contributed by atoms with Crippen LogP contribution in [-0.4, -0.2) is 54.4 Å². The summed E-state index contributed by atoms with van der Waals surface area (Å²) in [6, 6.07) is 6.78. The molecule has 4 fully saturated rings. The standard InChI is InChI=1S/C19H15F2N6O7P/c1-2-7-26-24-15(23-25-26)14-6-3-10(9-22-14)12-5-4-11(8-13(12)20)27-17(29)31-18(16(21)28)19(27)33-35(30,32-18)34-19/h3-6,8-9,16,28H,2,7H2,1H3/t16-,18-,19?,35?/m1/s1. The molecular weight excluding hydrogens is 493 g/mol. The van der Waals surface area contributed by atoms with Crippen molar-refractivity contribution >= 4 is 19.6 Å². The summed E-state index contributed by atoms with van der Waals surface area (Å²) in [5.74, 6) is -5.80. The number of hydrogen-bond donors (Lipinski definition) is 1. The quantitative estimate of drug-likeness (QED) is 0.490. The molecule has 2 bridgehead atoms. The van der Waals surface area contributed by atoms with Crippen LogP contribution in [-0.2, 0) is 29.4 Å². The number of benzene rings is 1. The van der Waals surface area contributed by atoms with E-state index in [1.165, 1.54) is 23.1 Å². The zero-order valence-corrected chi connectivity index (χ0v) is 18.6. The summed E-state index contributed by atoms with van der Waals surface area (Å²) in [5, 5.41) is 21.6. The number of halogens is 2. The Morgan fingerprint density at radius 3 is 2.69 bits per heavy atom. The van der Waals surface area contributed by atoms with E-state index in [4.69, 9.17) is 18.3 Å². The molecule has 182 valence electrons. The molecule has 2 atom stereocenters. The lowest BCUT2D eigenvalue weighted by Crippen LogP contribution is -2.63. The summed E-state index contributed by atoms with van der Waals surface area (Å²) >= 11 is 0. The number of rotatable bonds is 6. The van der Waals surface area contributed by atoms with E-state index < -0.39 is 37.8 Å². The van der Waals surface area contributed by atoms with Crippen LogP contribution in [0.2, 0.25) is 0 Å². The number of tetrazole rings is 1. The van der Waals surface area contributed by atoms with Crippen molar-refractivity contribution in [2.24, 2.45) is 0 Å². The Morgan fingerprint density at radius 2 is 2.03 bits per heavy atom. The van der Waals surface area contributed by atoms with Gasteiger partial charge in [-0.3, -0.25) is 4.98 Å². The van der Waals surface area contributed by atoms with Gasteiger partial charge in [-0.1, -0.05) is 13.0 Å². The molecule has 16 heteroatoms. The Bertz CT molecular complexity index is 1390. The molecule has 0 radical (unpaired) electrons. The zero-order chi connectivity index (χ0) is 24.6. The van der Waals surface area contributed by atoms with Gasteiger partial charge in [0.25, 0.3) is 6.36 Å². The lowest BCUT2D eigenvalue weighted by atomic mass is 10.1. The molecule has 4 aliphatic heterocycles. The number of phosphoric acid groups is 1. The minimum atomic E-state index is -4.23. The van der Waals surface area contributed by atoms with E-state index in [2.05, 4.69) is 20.4 Å². The summed E-state index contributed by atoms with van der Waals surface area (Å²) in [6.07, 6.45) is -1.97. The van der Waals surface area contributed by atoms with Gasteiger partial charge < -0.3 is 9.84 Å². The fourth-order valence-electron chi connectivity index (χ4n) is 4.04. The summed E-state index contributed by atoms with van der Waals surface area (Å²) in [6.45, 7) is 2.59. The molecule has 0 aliphatic carbocycles. The molecule has 3 aromatic rings. The van der Waals surface area contributed by atoms with Crippen molar-refractivity contribution in [2.45, 2.75) is 37.9 Å². The maximum atomic E-state index is 15.1. The first-order valence-corrected chi connectivity index (χ1v) is 11.8. The predicted molar refractivity (Wildman–Crippen MR) is 109 cm³/mol. The topological polar surface area (TPSA) is 151 Å². The third kappa shape index (κ3) is 2.99. The first-order chi connectivity index (χ1) is 16.7. The molecule has 1 aromatic carbocycles. The largest absolute Gasteiger partial charge is 0.487 e. The summed E-state index contributed by atoms with van der Waals surface area (Å²) in [4.78, 5) is 18.8. The number of pyridine rings is 1. The highest BCUT2D eigenvalue weighted by atomic mass is 31.2. The predicted octanol–water partition coefficient (Wildman–Crippen LogP) is 2.73. The molecule has 0 saturated carbocycles. The average molecular weight is 508 g/mol. The number of aliphatic hydroxyl groups is 1. The van der Waals surface area contributed by atoms with Gasteiger partial charge in [0.1, 0.15) is 11.5 Å². The molecule has 6 heterocycles. The minimum absolute atomic E-state index is 0.126. The highest BCUT2D eigenvalue weighted by molar-refractivity contribution is 7.50. The lowest BCUT2D eigenvalue weighted by Gasteiger charge is -2.38. The Labute approximate surface area is 194 Å². The second-order valence-electron chi connectivity index (χ2n) is 7.81. The molecule has 4 aliphatic rings. The first kappa shape index (κ1) is 22.1. The van der Waals surface area contributed by atoms with Gasteiger partial charge in [0.15, 0.2) is 0 Å². The number of aliphatic hydroxyl groups excluding tert-OH is 1. The SMILES string of the molecule is CCCn1nnc(-c2ccc(-c3ccc(N4C(=O)O[C@]5([C@@H](O)F)OP6(=O)OC45O6)cc3F)cn2)n1. The Kier molecular flexibility index (Phi) is 4.63. The van der Waals surface area contributed by atoms with Crippen molar-refractivity contribution in [3.05, 3.63) is 42.3 Å². The van der Waals surface area contributed by atoms with Crippen LogP contribution in [0.1, 0.15) is 13.3 Å². The van der Waals surface area contributed by atoms with E-state index in [1.54, 1.807) is 12.1 Å². The number of alkyl halides is 1. The van der Waals surface area contributed by atoms with Crippen molar-refractivity contribution in [3.63, 3.8) is 0 Å². The van der Waals surface area contributed by atoms with Gasteiger partial charge in [-0.15, -0.1) is 10.2 Å². The minimum Gasteiger partial charge on any atom is -0.402 e. The molecule has 35 heavy (non-hydrogen) atoms. The maximum absolute atomic E-state index is 15.1. The van der Waals surface area contributed by atoms with Gasteiger partial charge in [-0.05, 0) is 35.9 Å². The monoisotopic (exact) mass is 508 g/mol. The molecule has 2 aromatic heterocycles. The summed E-state index contributed by atoms with van der Waals surface area (Å²) < 4.78 is 60.8.